The zero-order valence-corrected chi connectivity index (χ0v) is 41.8. The summed E-state index contributed by atoms with van der Waals surface area (Å²) in [5.41, 5.74) is 2.88. The van der Waals surface area contributed by atoms with E-state index in [1.54, 1.807) is 31.4 Å². The standard InChI is InChI=1S/C24H26N4O6S2.C23H22N6O5S2/c1-34-21-7-3-5-19(15-21)26-18-10-12-27(13-11-18)36(32,33)23-9-8-22(35-23)16-25-24(29)17-4-2-6-20(14-17)28(30)31;30-23(16-5-7-18(8-6-16)29(31)32)24-15-19-9-10-22(35-19)36(33,34)27-13-11-17(12-14-27)28-21-4-2-1-3-20(21)25-26-28/h2-9,14-15,18,26H,10-13,16H2,1H3,(H,25,29);1-10,17H,11-15H2,(H,24,30). The number of nitro benzene ring substituents is 2. The van der Waals surface area contributed by atoms with Crippen LogP contribution in [0.25, 0.3) is 11.0 Å². The number of carbonyl (C=O) groups is 2. The van der Waals surface area contributed by atoms with Gasteiger partial charge in [0, 0.05) is 89.1 Å². The van der Waals surface area contributed by atoms with Crippen LogP contribution in [-0.4, -0.2) is 101 Å². The van der Waals surface area contributed by atoms with Crippen LogP contribution in [-0.2, 0) is 33.1 Å². The lowest BCUT2D eigenvalue weighted by Gasteiger charge is -2.31. The van der Waals surface area contributed by atoms with Crippen LogP contribution in [0.1, 0.15) is 62.2 Å². The number of aromatic nitrogens is 3. The summed E-state index contributed by atoms with van der Waals surface area (Å²) in [7, 11) is -5.67. The molecule has 2 saturated heterocycles. The van der Waals surface area contributed by atoms with Gasteiger partial charge < -0.3 is 20.7 Å². The number of methoxy groups -OCH3 is 1. The summed E-state index contributed by atoms with van der Waals surface area (Å²) in [6.45, 7) is 1.84. The number of amides is 2. The molecule has 0 saturated carbocycles. The number of nitro groups is 2. The first-order valence-electron chi connectivity index (χ1n) is 22.5. The predicted molar refractivity (Wildman–Crippen MR) is 270 cm³/mol. The number of anilines is 1. The number of hydrogen-bond acceptors (Lipinski definition) is 16. The Kier molecular flexibility index (Phi) is 16.0. The van der Waals surface area contributed by atoms with Crippen molar-refractivity contribution in [3.63, 3.8) is 0 Å². The molecule has 3 N–H and O–H groups in total. The molecule has 0 spiro atoms. The summed E-state index contributed by atoms with van der Waals surface area (Å²) in [5.74, 6) is -0.109. The van der Waals surface area contributed by atoms with Crippen molar-refractivity contribution in [3.05, 3.63) is 162 Å². The number of carbonyl (C=O) groups excluding carboxylic acids is 2. The Morgan fingerprint density at radius 2 is 1.24 bits per heavy atom. The zero-order chi connectivity index (χ0) is 51.0. The average Bonchev–Trinajstić information content (AvgIpc) is 4.19. The van der Waals surface area contributed by atoms with Crippen molar-refractivity contribution in [1.29, 1.82) is 0 Å². The molecule has 21 nitrogen and oxygen atoms in total. The Bertz CT molecular complexity index is 3310. The number of benzene rings is 4. The molecule has 2 amide bonds. The Morgan fingerprint density at radius 1 is 0.667 bits per heavy atom. The number of para-hydroxylation sites is 1. The molecule has 0 atom stereocenters. The van der Waals surface area contributed by atoms with Crippen molar-refractivity contribution in [2.45, 2.75) is 59.3 Å². The van der Waals surface area contributed by atoms with Crippen molar-refractivity contribution >= 4 is 82.6 Å². The van der Waals surface area contributed by atoms with E-state index < -0.39 is 41.7 Å². The molecule has 4 aromatic carbocycles. The third-order valence-electron chi connectivity index (χ3n) is 12.0. The van der Waals surface area contributed by atoms with Gasteiger partial charge in [-0.15, -0.1) is 27.8 Å². The number of nitrogens with zero attached hydrogens (tertiary/aromatic N) is 7. The highest BCUT2D eigenvalue weighted by molar-refractivity contribution is 7.91. The van der Waals surface area contributed by atoms with E-state index in [0.29, 0.717) is 61.6 Å². The molecule has 2 aliphatic rings. The fourth-order valence-corrected chi connectivity index (χ4v) is 14.0. The quantitative estimate of drug-likeness (QED) is 0.0637. The van der Waals surface area contributed by atoms with Gasteiger partial charge in [-0.3, -0.25) is 29.8 Å². The van der Waals surface area contributed by atoms with Gasteiger partial charge in [0.25, 0.3) is 43.2 Å². The maximum atomic E-state index is 13.2. The van der Waals surface area contributed by atoms with E-state index in [-0.39, 0.29) is 56.1 Å². The summed E-state index contributed by atoms with van der Waals surface area (Å²) in [4.78, 5) is 46.6. The topological polar surface area (TPSA) is 271 Å². The van der Waals surface area contributed by atoms with Gasteiger partial charge in [0.1, 0.15) is 19.7 Å². The third-order valence-corrected chi connectivity index (χ3v) is 18.9. The van der Waals surface area contributed by atoms with Crippen molar-refractivity contribution in [3.8, 4) is 5.75 Å². The highest BCUT2D eigenvalue weighted by Gasteiger charge is 2.33. The normalized spacial score (nSPS) is 15.0. The van der Waals surface area contributed by atoms with Gasteiger partial charge in [-0.2, -0.15) is 8.61 Å². The van der Waals surface area contributed by atoms with E-state index in [0.717, 1.165) is 45.1 Å². The molecule has 7 aromatic rings. The van der Waals surface area contributed by atoms with Gasteiger partial charge in [-0.1, -0.05) is 29.5 Å². The molecule has 0 bridgehead atoms. The largest absolute Gasteiger partial charge is 0.497 e. The molecular formula is C47H48N10O11S4. The molecule has 0 aliphatic carbocycles. The minimum absolute atomic E-state index is 0.0809. The lowest BCUT2D eigenvalue weighted by molar-refractivity contribution is -0.385. The van der Waals surface area contributed by atoms with E-state index in [2.05, 4.69) is 26.3 Å². The second-order valence-corrected chi connectivity index (χ2v) is 23.3. The first kappa shape index (κ1) is 51.2. The lowest BCUT2D eigenvalue weighted by Crippen LogP contribution is -2.42. The van der Waals surface area contributed by atoms with Crippen LogP contribution in [0.4, 0.5) is 17.1 Å². The smallest absolute Gasteiger partial charge is 0.270 e. The predicted octanol–water partition coefficient (Wildman–Crippen LogP) is 7.22. The number of fused-ring (bicyclic) bond motifs is 1. The monoisotopic (exact) mass is 1060 g/mol. The lowest BCUT2D eigenvalue weighted by atomic mass is 10.1. The van der Waals surface area contributed by atoms with E-state index in [4.69, 9.17) is 4.74 Å². The van der Waals surface area contributed by atoms with Crippen molar-refractivity contribution < 1.29 is 41.0 Å². The van der Waals surface area contributed by atoms with Crippen LogP contribution in [0.5, 0.6) is 5.75 Å². The van der Waals surface area contributed by atoms with Gasteiger partial charge in [0.05, 0.1) is 41.6 Å². The van der Waals surface area contributed by atoms with E-state index >= 15 is 0 Å². The molecule has 9 rings (SSSR count). The van der Waals surface area contributed by atoms with Gasteiger partial charge in [0.15, 0.2) is 0 Å². The molecule has 2 fully saturated rings. The number of nitrogens with one attached hydrogen (secondary N) is 3. The van der Waals surface area contributed by atoms with Crippen LogP contribution in [0, 0.1) is 20.2 Å². The van der Waals surface area contributed by atoms with E-state index in [9.17, 15) is 46.7 Å². The summed E-state index contributed by atoms with van der Waals surface area (Å²) in [5, 5.41) is 39.0. The SMILES string of the molecule is COc1cccc(NC2CCN(S(=O)(=O)c3ccc(CNC(=O)c4cccc([N+](=O)[O-])c4)s3)CC2)c1.O=C(NCc1ccc(S(=O)(=O)N2CCC(n3nnc4ccccc43)CC2)s1)c1ccc([N+](=O)[O-])cc1. The molecule has 376 valence electrons. The molecule has 3 aromatic heterocycles. The second-order valence-electron chi connectivity index (χ2n) is 16.6. The molecule has 25 heteroatoms. The highest BCUT2D eigenvalue weighted by atomic mass is 32.3. The maximum Gasteiger partial charge on any atom is 0.270 e. The number of non-ortho nitro benzene ring substituents is 2. The van der Waals surface area contributed by atoms with Crippen molar-refractivity contribution in [2.24, 2.45) is 0 Å². The van der Waals surface area contributed by atoms with Crippen LogP contribution in [0.3, 0.4) is 0 Å². The van der Waals surface area contributed by atoms with Crippen molar-refractivity contribution in [2.75, 3.05) is 38.6 Å². The van der Waals surface area contributed by atoms with Gasteiger partial charge in [-0.25, -0.2) is 21.5 Å². The number of piperidine rings is 2. The molecule has 0 radical (unpaired) electrons. The highest BCUT2D eigenvalue weighted by Crippen LogP contribution is 2.32. The first-order chi connectivity index (χ1) is 34.6. The Hall–Kier alpha value is -7.16. The minimum Gasteiger partial charge on any atom is -0.497 e. The molecular weight excluding hydrogens is 1010 g/mol. The van der Waals surface area contributed by atoms with Gasteiger partial charge in [-0.05, 0) is 92.4 Å². The maximum absolute atomic E-state index is 13.2. The summed E-state index contributed by atoms with van der Waals surface area (Å²) in [6, 6.07) is 32.8. The average molecular weight is 1060 g/mol. The van der Waals surface area contributed by atoms with E-state index in [1.807, 2.05) is 53.2 Å². The van der Waals surface area contributed by atoms with Crippen LogP contribution < -0.4 is 20.7 Å². The van der Waals surface area contributed by atoms with E-state index in [1.165, 1.54) is 57.1 Å². The third kappa shape index (κ3) is 12.1. The summed E-state index contributed by atoms with van der Waals surface area (Å²) < 4.78 is 63.3. The Balaban J connectivity index is 0.000000193. The minimum atomic E-state index is -3.65. The van der Waals surface area contributed by atoms with Crippen LogP contribution in [0.2, 0.25) is 0 Å². The van der Waals surface area contributed by atoms with Crippen LogP contribution in [0.15, 0.2) is 130 Å². The Labute approximate surface area is 421 Å². The number of rotatable bonds is 16. The molecule has 0 unspecified atom stereocenters. The zero-order valence-electron chi connectivity index (χ0n) is 38.5. The number of sulfonamides is 2. The Morgan fingerprint density at radius 3 is 1.83 bits per heavy atom. The number of thiophene rings is 2. The van der Waals surface area contributed by atoms with Crippen molar-refractivity contribution in [1.82, 2.24) is 34.2 Å². The van der Waals surface area contributed by atoms with Gasteiger partial charge in [0.2, 0.25) is 0 Å². The molecule has 5 heterocycles. The fourth-order valence-electron chi connectivity index (χ4n) is 8.15. The summed E-state index contributed by atoms with van der Waals surface area (Å²) >= 11 is 2.22. The second kappa shape index (κ2) is 22.5. The number of hydrogen-bond donors (Lipinski definition) is 3. The molecule has 72 heavy (non-hydrogen) atoms. The number of ether oxygens (including phenoxy) is 1. The van der Waals surface area contributed by atoms with Gasteiger partial charge >= 0.3 is 0 Å². The summed E-state index contributed by atoms with van der Waals surface area (Å²) in [6.07, 6.45) is 2.62. The fraction of sp³-hybridized carbons (Fsp3) is 0.277. The van der Waals surface area contributed by atoms with Crippen LogP contribution >= 0.6 is 22.7 Å². The molecule has 2 aliphatic heterocycles. The first-order valence-corrected chi connectivity index (χ1v) is 27.0.